The lowest BCUT2D eigenvalue weighted by Crippen LogP contribution is -2.53. The van der Waals surface area contributed by atoms with Gasteiger partial charge in [0.25, 0.3) is 0 Å². The second-order valence-electron chi connectivity index (χ2n) is 7.29. The number of halogens is 1. The van der Waals surface area contributed by atoms with Crippen LogP contribution in [-0.2, 0) is 15.9 Å². The number of nitrogens with one attached hydrogen (secondary N) is 1. The molecule has 0 spiro atoms. The lowest BCUT2D eigenvalue weighted by molar-refractivity contribution is -0.0817. The highest BCUT2D eigenvalue weighted by molar-refractivity contribution is 14.0. The van der Waals surface area contributed by atoms with E-state index in [4.69, 9.17) is 14.5 Å². The predicted molar refractivity (Wildman–Crippen MR) is 123 cm³/mol. The molecule has 0 radical (unpaired) electrons. The summed E-state index contributed by atoms with van der Waals surface area (Å²) in [5.74, 6) is 1.96. The van der Waals surface area contributed by atoms with Crippen molar-refractivity contribution in [1.82, 2.24) is 24.8 Å². The molecule has 160 valence electrons. The van der Waals surface area contributed by atoms with Crippen molar-refractivity contribution in [2.24, 2.45) is 4.99 Å². The molecule has 2 aromatic heterocycles. The zero-order chi connectivity index (χ0) is 19.2. The van der Waals surface area contributed by atoms with E-state index in [1.165, 1.54) is 0 Å². The van der Waals surface area contributed by atoms with Crippen LogP contribution in [0.25, 0.3) is 5.65 Å². The van der Waals surface area contributed by atoms with Gasteiger partial charge in [-0.15, -0.1) is 34.2 Å². The summed E-state index contributed by atoms with van der Waals surface area (Å²) in [5.41, 5.74) is 0.892. The highest BCUT2D eigenvalue weighted by Gasteiger charge is 2.32. The summed E-state index contributed by atoms with van der Waals surface area (Å²) >= 11 is 0. The first kappa shape index (κ1) is 22.2. The maximum Gasteiger partial charge on any atom is 0.194 e. The van der Waals surface area contributed by atoms with Gasteiger partial charge >= 0.3 is 0 Å². The molecule has 0 aromatic carbocycles. The average molecular weight is 514 g/mol. The molecule has 2 saturated heterocycles. The largest absolute Gasteiger partial charge is 0.375 e. The van der Waals surface area contributed by atoms with Gasteiger partial charge in [0.1, 0.15) is 11.9 Å². The van der Waals surface area contributed by atoms with Gasteiger partial charge in [0, 0.05) is 45.4 Å². The summed E-state index contributed by atoms with van der Waals surface area (Å²) in [6.07, 6.45) is 6.40. The molecule has 0 aliphatic carbocycles. The number of aliphatic imine (C=N–C) groups is 1. The Morgan fingerprint density at radius 1 is 1.24 bits per heavy atom. The van der Waals surface area contributed by atoms with Crippen LogP contribution >= 0.6 is 24.0 Å². The van der Waals surface area contributed by atoms with E-state index in [0.717, 1.165) is 82.5 Å². The van der Waals surface area contributed by atoms with E-state index in [1.807, 2.05) is 28.8 Å². The number of guanidine groups is 1. The summed E-state index contributed by atoms with van der Waals surface area (Å²) in [7, 11) is 0. The number of ether oxygens (including phenoxy) is 2. The Hall–Kier alpha value is -1.46. The van der Waals surface area contributed by atoms with Crippen LogP contribution in [0.4, 0.5) is 0 Å². The summed E-state index contributed by atoms with van der Waals surface area (Å²) in [5, 5.41) is 11.9. The summed E-state index contributed by atoms with van der Waals surface area (Å²) in [4.78, 5) is 7.17. The van der Waals surface area contributed by atoms with Gasteiger partial charge in [0.2, 0.25) is 0 Å². The number of rotatable bonds is 6. The standard InChI is InChI=1S/C20H30N6O2.HI/c1-2-21-20(25-12-14-28-17(15-25)16-7-6-13-27-16)22-10-5-9-19-24-23-18-8-3-4-11-26(18)19;/h3-4,8,11,16-17H,2,5-7,9-10,12-15H2,1H3,(H,21,22);1H. The van der Waals surface area contributed by atoms with Crippen molar-refractivity contribution in [2.75, 3.05) is 39.4 Å². The minimum Gasteiger partial charge on any atom is -0.375 e. The van der Waals surface area contributed by atoms with Crippen LogP contribution in [0.1, 0.15) is 32.0 Å². The van der Waals surface area contributed by atoms with E-state index >= 15 is 0 Å². The van der Waals surface area contributed by atoms with Gasteiger partial charge in [-0.2, -0.15) is 0 Å². The third kappa shape index (κ3) is 5.58. The number of nitrogens with zero attached hydrogens (tertiary/aromatic N) is 5. The molecule has 2 fully saturated rings. The normalized spacial score (nSPS) is 22.7. The highest BCUT2D eigenvalue weighted by atomic mass is 127. The van der Waals surface area contributed by atoms with Crippen molar-refractivity contribution < 1.29 is 9.47 Å². The van der Waals surface area contributed by atoms with Crippen LogP contribution in [-0.4, -0.2) is 77.1 Å². The fourth-order valence-electron chi connectivity index (χ4n) is 3.90. The third-order valence-corrected chi connectivity index (χ3v) is 5.31. The second kappa shape index (κ2) is 11.1. The smallest absolute Gasteiger partial charge is 0.194 e. The molecule has 9 heteroatoms. The quantitative estimate of drug-likeness (QED) is 0.276. The number of aryl methyl sites for hydroxylation is 1. The number of fused-ring (bicyclic) bond motifs is 1. The fraction of sp³-hybridized carbons (Fsp3) is 0.650. The first-order valence-electron chi connectivity index (χ1n) is 10.4. The zero-order valence-corrected chi connectivity index (χ0v) is 19.3. The van der Waals surface area contributed by atoms with Crippen molar-refractivity contribution >= 4 is 35.6 Å². The molecular formula is C20H31IN6O2. The molecular weight excluding hydrogens is 483 g/mol. The monoisotopic (exact) mass is 514 g/mol. The minimum absolute atomic E-state index is 0. The minimum atomic E-state index is 0. The molecule has 2 aromatic rings. The van der Waals surface area contributed by atoms with Gasteiger partial charge in [-0.25, -0.2) is 0 Å². The molecule has 4 rings (SSSR count). The SMILES string of the molecule is CCNC(=NCCCc1nnc2ccccn12)N1CCOC(C2CCCO2)C1.I. The molecule has 8 nitrogen and oxygen atoms in total. The van der Waals surface area contributed by atoms with E-state index < -0.39 is 0 Å². The third-order valence-electron chi connectivity index (χ3n) is 5.31. The first-order valence-corrected chi connectivity index (χ1v) is 10.4. The molecule has 0 amide bonds. The molecule has 4 heterocycles. The summed E-state index contributed by atoms with van der Waals surface area (Å²) in [6, 6.07) is 5.96. The van der Waals surface area contributed by atoms with Crippen LogP contribution in [0.2, 0.25) is 0 Å². The van der Waals surface area contributed by atoms with Crippen molar-refractivity contribution in [3.05, 3.63) is 30.2 Å². The Bertz CT molecular complexity index is 792. The van der Waals surface area contributed by atoms with E-state index in [9.17, 15) is 0 Å². The van der Waals surface area contributed by atoms with Crippen molar-refractivity contribution in [3.63, 3.8) is 0 Å². The molecule has 2 unspecified atom stereocenters. The lowest BCUT2D eigenvalue weighted by atomic mass is 10.1. The fourth-order valence-corrected chi connectivity index (χ4v) is 3.90. The van der Waals surface area contributed by atoms with Crippen LogP contribution in [0.15, 0.2) is 29.4 Å². The van der Waals surface area contributed by atoms with Gasteiger partial charge < -0.3 is 19.7 Å². The van der Waals surface area contributed by atoms with Crippen LogP contribution in [0, 0.1) is 0 Å². The Morgan fingerprint density at radius 3 is 2.97 bits per heavy atom. The lowest BCUT2D eigenvalue weighted by Gasteiger charge is -2.37. The zero-order valence-electron chi connectivity index (χ0n) is 17.0. The van der Waals surface area contributed by atoms with Crippen molar-refractivity contribution in [3.8, 4) is 0 Å². The van der Waals surface area contributed by atoms with Gasteiger partial charge in [0.15, 0.2) is 11.6 Å². The summed E-state index contributed by atoms with van der Waals surface area (Å²) in [6.45, 7) is 7.00. The Balaban J connectivity index is 0.00000240. The van der Waals surface area contributed by atoms with Crippen LogP contribution in [0.3, 0.4) is 0 Å². The summed E-state index contributed by atoms with van der Waals surface area (Å²) < 4.78 is 13.8. The predicted octanol–water partition coefficient (Wildman–Crippen LogP) is 2.13. The molecule has 1 N–H and O–H groups in total. The van der Waals surface area contributed by atoms with E-state index in [0.29, 0.717) is 0 Å². The number of hydrogen-bond donors (Lipinski definition) is 1. The van der Waals surface area contributed by atoms with Gasteiger partial charge in [0.05, 0.1) is 12.7 Å². The van der Waals surface area contributed by atoms with Gasteiger partial charge in [-0.3, -0.25) is 9.39 Å². The number of pyridine rings is 1. The maximum atomic E-state index is 5.97. The Kier molecular flexibility index (Phi) is 8.49. The van der Waals surface area contributed by atoms with E-state index in [-0.39, 0.29) is 36.2 Å². The maximum absolute atomic E-state index is 5.97. The Labute approximate surface area is 189 Å². The average Bonchev–Trinajstić information content (AvgIpc) is 3.41. The number of morpholine rings is 1. The molecule has 2 aliphatic rings. The van der Waals surface area contributed by atoms with Gasteiger partial charge in [-0.1, -0.05) is 6.07 Å². The number of hydrogen-bond acceptors (Lipinski definition) is 5. The molecule has 29 heavy (non-hydrogen) atoms. The van der Waals surface area contributed by atoms with E-state index in [1.54, 1.807) is 0 Å². The molecule has 0 saturated carbocycles. The topological polar surface area (TPSA) is 76.3 Å². The van der Waals surface area contributed by atoms with Crippen molar-refractivity contribution in [1.29, 1.82) is 0 Å². The Morgan fingerprint density at radius 2 is 2.14 bits per heavy atom. The van der Waals surface area contributed by atoms with E-state index in [2.05, 4.69) is 27.3 Å². The first-order chi connectivity index (χ1) is 13.8. The highest BCUT2D eigenvalue weighted by Crippen LogP contribution is 2.21. The van der Waals surface area contributed by atoms with Crippen LogP contribution < -0.4 is 5.32 Å². The molecule has 2 atom stereocenters. The molecule has 0 bridgehead atoms. The number of aromatic nitrogens is 3. The second-order valence-corrected chi connectivity index (χ2v) is 7.29. The van der Waals surface area contributed by atoms with Crippen molar-refractivity contribution in [2.45, 2.75) is 44.8 Å². The van der Waals surface area contributed by atoms with Crippen LogP contribution in [0.5, 0.6) is 0 Å². The molecule has 2 aliphatic heterocycles. The van der Waals surface area contributed by atoms with Gasteiger partial charge in [-0.05, 0) is 38.3 Å².